The van der Waals surface area contributed by atoms with E-state index in [-0.39, 0.29) is 24.8 Å². The van der Waals surface area contributed by atoms with Crippen molar-refractivity contribution in [1.29, 1.82) is 0 Å². The minimum atomic E-state index is -1.45. The molecule has 4 aromatic carbocycles. The molecular formula is C40H37F2N2O6-. The summed E-state index contributed by atoms with van der Waals surface area (Å²) >= 11 is 0. The molecule has 0 spiro atoms. The minimum absolute atomic E-state index is 0.204. The fourth-order valence-electron chi connectivity index (χ4n) is 5.79. The van der Waals surface area contributed by atoms with Crippen LogP contribution in [0.15, 0.2) is 109 Å². The van der Waals surface area contributed by atoms with Gasteiger partial charge in [-0.05, 0) is 73.0 Å². The molecule has 0 saturated carbocycles. The number of aliphatic hydroxyl groups is 2. The van der Waals surface area contributed by atoms with E-state index in [9.17, 15) is 33.7 Å². The number of benzene rings is 4. The molecule has 50 heavy (non-hydrogen) atoms. The van der Waals surface area contributed by atoms with Crippen LogP contribution in [0.1, 0.15) is 54.5 Å². The van der Waals surface area contributed by atoms with Crippen molar-refractivity contribution < 1.29 is 38.4 Å². The fourth-order valence-corrected chi connectivity index (χ4v) is 5.79. The summed E-state index contributed by atoms with van der Waals surface area (Å²) in [5.74, 6) is -2.48. The fraction of sp³-hybridized carbons (Fsp3) is 0.200. The van der Waals surface area contributed by atoms with Crippen LogP contribution in [-0.2, 0) is 11.4 Å². The van der Waals surface area contributed by atoms with Gasteiger partial charge in [-0.25, -0.2) is 8.78 Å². The van der Waals surface area contributed by atoms with Gasteiger partial charge in [0.15, 0.2) is 0 Å². The molecule has 3 N–H and O–H groups in total. The first-order valence-electron chi connectivity index (χ1n) is 16.1. The van der Waals surface area contributed by atoms with Crippen molar-refractivity contribution in [3.05, 3.63) is 138 Å². The smallest absolute Gasteiger partial charge is 0.273 e. The number of nitrogens with one attached hydrogen (secondary N) is 1. The van der Waals surface area contributed by atoms with Crippen LogP contribution in [0.3, 0.4) is 0 Å². The Morgan fingerprint density at radius 2 is 1.42 bits per heavy atom. The van der Waals surface area contributed by atoms with Gasteiger partial charge in [0, 0.05) is 41.7 Å². The van der Waals surface area contributed by atoms with E-state index in [4.69, 9.17) is 4.74 Å². The lowest BCUT2D eigenvalue weighted by atomic mass is 9.94. The lowest BCUT2D eigenvalue weighted by Gasteiger charge is -2.18. The van der Waals surface area contributed by atoms with Crippen LogP contribution in [0.25, 0.3) is 28.3 Å². The number of anilines is 1. The van der Waals surface area contributed by atoms with Crippen LogP contribution in [0, 0.1) is 11.6 Å². The summed E-state index contributed by atoms with van der Waals surface area (Å²) in [4.78, 5) is 25.5. The molecule has 0 unspecified atom stereocenters. The van der Waals surface area contributed by atoms with Crippen LogP contribution in [0.5, 0.6) is 5.75 Å². The Morgan fingerprint density at radius 3 is 2.02 bits per heavy atom. The molecule has 0 aliphatic rings. The summed E-state index contributed by atoms with van der Waals surface area (Å²) in [6, 6.07) is 27.6. The number of ether oxygens (including phenoxy) is 1. The van der Waals surface area contributed by atoms with Crippen molar-refractivity contribution >= 4 is 23.6 Å². The van der Waals surface area contributed by atoms with Gasteiger partial charge in [-0.2, -0.15) is 0 Å². The van der Waals surface area contributed by atoms with Crippen molar-refractivity contribution in [2.24, 2.45) is 0 Å². The Morgan fingerprint density at radius 1 is 0.840 bits per heavy atom. The molecule has 0 aliphatic carbocycles. The Kier molecular flexibility index (Phi) is 11.6. The molecule has 10 heteroatoms. The van der Waals surface area contributed by atoms with Crippen LogP contribution in [0.2, 0.25) is 0 Å². The van der Waals surface area contributed by atoms with Crippen LogP contribution in [0.4, 0.5) is 14.5 Å². The average molecular weight is 680 g/mol. The zero-order valence-electron chi connectivity index (χ0n) is 27.6. The topological polar surface area (TPSA) is 124 Å². The molecule has 5 rings (SSSR count). The van der Waals surface area contributed by atoms with E-state index >= 15 is 0 Å². The number of para-hydroxylation sites is 2. The van der Waals surface area contributed by atoms with Gasteiger partial charge >= 0.3 is 0 Å². The number of carboxylic acid groups (broad SMARTS) is 1. The van der Waals surface area contributed by atoms with Crippen LogP contribution < -0.4 is 15.2 Å². The number of nitrogens with zero attached hydrogens (tertiary/aromatic N) is 1. The monoisotopic (exact) mass is 679 g/mol. The predicted octanol–water partition coefficient (Wildman–Crippen LogP) is 6.78. The maximum absolute atomic E-state index is 14.6. The highest BCUT2D eigenvalue weighted by molar-refractivity contribution is 6.12. The number of halogens is 2. The van der Waals surface area contributed by atoms with E-state index in [1.54, 1.807) is 59.2 Å². The van der Waals surface area contributed by atoms with Gasteiger partial charge in [0.05, 0.1) is 17.9 Å². The third kappa shape index (κ3) is 8.71. The molecule has 0 aliphatic heterocycles. The van der Waals surface area contributed by atoms with E-state index in [1.165, 1.54) is 30.3 Å². The van der Waals surface area contributed by atoms with E-state index < -0.39 is 42.1 Å². The number of carbonyl (C=O) groups excluding carboxylic acids is 2. The molecule has 8 nitrogen and oxygen atoms in total. The first kappa shape index (κ1) is 35.7. The number of amides is 1. The molecule has 2 atom stereocenters. The third-order valence-corrected chi connectivity index (χ3v) is 8.01. The molecule has 1 heterocycles. The number of carboxylic acids is 1. The van der Waals surface area contributed by atoms with Gasteiger partial charge in [0.2, 0.25) is 0 Å². The van der Waals surface area contributed by atoms with Crippen LogP contribution in [-0.4, -0.2) is 38.9 Å². The minimum Gasteiger partial charge on any atom is -0.550 e. The Hall–Kier alpha value is -5.58. The number of carbonyl (C=O) groups is 2. The van der Waals surface area contributed by atoms with Gasteiger partial charge in [-0.1, -0.05) is 72.8 Å². The molecular weight excluding hydrogens is 642 g/mol. The molecule has 1 aromatic heterocycles. The van der Waals surface area contributed by atoms with Crippen molar-refractivity contribution in [3.8, 4) is 28.0 Å². The Balaban J connectivity index is 1.67. The van der Waals surface area contributed by atoms with Gasteiger partial charge in [0.25, 0.3) is 5.91 Å². The van der Waals surface area contributed by atoms with Gasteiger partial charge in [-0.3, -0.25) is 4.79 Å². The second kappa shape index (κ2) is 16.2. The van der Waals surface area contributed by atoms with E-state index in [2.05, 4.69) is 5.32 Å². The number of hydrogen-bond acceptors (Lipinski definition) is 6. The van der Waals surface area contributed by atoms with E-state index in [0.717, 1.165) is 5.56 Å². The van der Waals surface area contributed by atoms with Crippen molar-refractivity contribution in [3.63, 3.8) is 0 Å². The van der Waals surface area contributed by atoms with Gasteiger partial charge < -0.3 is 34.7 Å². The summed E-state index contributed by atoms with van der Waals surface area (Å²) in [5.41, 5.74) is 3.98. The third-order valence-electron chi connectivity index (χ3n) is 8.01. The summed E-state index contributed by atoms with van der Waals surface area (Å²) in [6.07, 6.45) is -0.576. The van der Waals surface area contributed by atoms with E-state index in [0.29, 0.717) is 39.4 Å². The molecule has 5 aromatic rings. The molecule has 0 saturated heterocycles. The standard InChI is InChI=1S/C40H38F2N2O6/c1-25(2)44-34(21-20-31(45)22-32(46)23-36(47)48)37(27-12-16-29(41)17-13-27)38(28-14-18-30(42)19-15-28)39(44)40(49)43-33-10-6-7-11-35(33)50-24-26-8-4-3-5-9-26/h3-21,25,31-32,45-46H,22-24H2,1-2H3,(H,43,49)(H,47,48)/p-1/b21-20+/t31-,32-/m1/s1. The lowest BCUT2D eigenvalue weighted by Crippen LogP contribution is -2.29. The van der Waals surface area contributed by atoms with Gasteiger partial charge in [-0.15, -0.1) is 0 Å². The highest BCUT2D eigenvalue weighted by atomic mass is 19.1. The average Bonchev–Trinajstić information content (AvgIpc) is 3.43. The number of hydrogen-bond donors (Lipinski definition) is 3. The highest BCUT2D eigenvalue weighted by Crippen LogP contribution is 2.43. The van der Waals surface area contributed by atoms with E-state index in [1.807, 2.05) is 44.2 Å². The van der Waals surface area contributed by atoms with Crippen LogP contribution >= 0.6 is 0 Å². The number of aromatic nitrogens is 1. The first-order chi connectivity index (χ1) is 24.0. The Bertz CT molecular complexity index is 1950. The summed E-state index contributed by atoms with van der Waals surface area (Å²) in [6.45, 7) is 4.00. The highest BCUT2D eigenvalue weighted by Gasteiger charge is 2.30. The zero-order valence-corrected chi connectivity index (χ0v) is 27.6. The second-order valence-electron chi connectivity index (χ2n) is 12.1. The summed E-state index contributed by atoms with van der Waals surface area (Å²) in [5, 5.41) is 34.8. The molecule has 0 fully saturated rings. The molecule has 0 bridgehead atoms. The number of aliphatic carboxylic acids is 1. The Labute approximate surface area is 288 Å². The molecule has 0 radical (unpaired) electrons. The lowest BCUT2D eigenvalue weighted by molar-refractivity contribution is -0.307. The van der Waals surface area contributed by atoms with Crippen molar-refractivity contribution in [2.75, 3.05) is 5.32 Å². The first-order valence-corrected chi connectivity index (χ1v) is 16.1. The summed E-state index contributed by atoms with van der Waals surface area (Å²) in [7, 11) is 0. The number of aliphatic hydroxyl groups excluding tert-OH is 2. The zero-order chi connectivity index (χ0) is 35.8. The molecule has 1 amide bonds. The predicted molar refractivity (Wildman–Crippen MR) is 186 cm³/mol. The quantitative estimate of drug-likeness (QED) is 0.119. The van der Waals surface area contributed by atoms with Gasteiger partial charge in [0.1, 0.15) is 29.7 Å². The maximum Gasteiger partial charge on any atom is 0.273 e. The normalized spacial score (nSPS) is 12.6. The van der Waals surface area contributed by atoms with Crippen molar-refractivity contribution in [2.45, 2.75) is 51.5 Å². The second-order valence-corrected chi connectivity index (χ2v) is 12.1. The van der Waals surface area contributed by atoms with Crippen molar-refractivity contribution in [1.82, 2.24) is 4.57 Å². The SMILES string of the molecule is CC(C)n1c(/C=C/[C@@H](O)C[C@@H](O)CC(=O)[O-])c(-c2ccc(F)cc2)c(-c2ccc(F)cc2)c1C(=O)Nc1ccccc1OCc1ccccc1. The maximum atomic E-state index is 14.6. The number of rotatable bonds is 14. The molecule has 258 valence electrons. The summed E-state index contributed by atoms with van der Waals surface area (Å²) < 4.78 is 36.3. The largest absolute Gasteiger partial charge is 0.550 e.